The van der Waals surface area contributed by atoms with E-state index in [4.69, 9.17) is 11.6 Å². The molecular formula is C14H19BrClFN2. The Morgan fingerprint density at radius 2 is 2.26 bits per heavy atom. The van der Waals surface area contributed by atoms with Crippen LogP contribution in [0.5, 0.6) is 0 Å². The van der Waals surface area contributed by atoms with Crippen LogP contribution in [0.2, 0.25) is 5.02 Å². The van der Waals surface area contributed by atoms with Crippen LogP contribution < -0.4 is 10.2 Å². The highest BCUT2D eigenvalue weighted by Crippen LogP contribution is 2.38. The molecule has 0 radical (unpaired) electrons. The van der Waals surface area contributed by atoms with Crippen molar-refractivity contribution < 1.29 is 4.39 Å². The second kappa shape index (κ2) is 6.42. The predicted octanol–water partition coefficient (Wildman–Crippen LogP) is 4.21. The Morgan fingerprint density at radius 1 is 1.53 bits per heavy atom. The average Bonchev–Trinajstić information content (AvgIpc) is 2.31. The van der Waals surface area contributed by atoms with Gasteiger partial charge in [0.2, 0.25) is 0 Å². The number of benzene rings is 1. The van der Waals surface area contributed by atoms with Crippen molar-refractivity contribution >= 4 is 33.2 Å². The molecule has 0 spiro atoms. The van der Waals surface area contributed by atoms with Crippen LogP contribution >= 0.6 is 27.5 Å². The fraction of sp³-hybridized carbons (Fsp3) is 0.571. The Labute approximate surface area is 127 Å². The molecule has 0 amide bonds. The first-order valence-electron chi connectivity index (χ1n) is 6.67. The molecule has 1 aliphatic heterocycles. The van der Waals surface area contributed by atoms with Crippen LogP contribution in [0.1, 0.15) is 26.7 Å². The summed E-state index contributed by atoms with van der Waals surface area (Å²) in [6, 6.07) is 3.81. The molecule has 1 aromatic rings. The second-order valence-electron chi connectivity index (χ2n) is 5.04. The van der Waals surface area contributed by atoms with E-state index in [2.05, 4.69) is 40.0 Å². The first kappa shape index (κ1) is 15.1. The van der Waals surface area contributed by atoms with Crippen molar-refractivity contribution in [3.63, 3.8) is 0 Å². The molecule has 2 unspecified atom stereocenters. The van der Waals surface area contributed by atoms with Gasteiger partial charge in [-0.3, -0.25) is 0 Å². The van der Waals surface area contributed by atoms with E-state index >= 15 is 0 Å². The number of nitrogens with one attached hydrogen (secondary N) is 1. The van der Waals surface area contributed by atoms with Crippen LogP contribution in [0.25, 0.3) is 0 Å². The third-order valence-corrected chi connectivity index (χ3v) is 4.53. The lowest BCUT2D eigenvalue weighted by molar-refractivity contribution is 0.374. The molecule has 2 nitrogen and oxygen atoms in total. The van der Waals surface area contributed by atoms with E-state index in [1.54, 1.807) is 0 Å². The first-order chi connectivity index (χ1) is 9.02. The molecule has 19 heavy (non-hydrogen) atoms. The zero-order chi connectivity index (χ0) is 14.0. The molecular weight excluding hydrogens is 331 g/mol. The third kappa shape index (κ3) is 3.41. The van der Waals surface area contributed by atoms with Crippen LogP contribution in [-0.4, -0.2) is 25.2 Å². The smallest absolute Gasteiger partial charge is 0.125 e. The van der Waals surface area contributed by atoms with Gasteiger partial charge in [-0.1, -0.05) is 18.5 Å². The van der Waals surface area contributed by atoms with Gasteiger partial charge in [-0.15, -0.1) is 0 Å². The van der Waals surface area contributed by atoms with Crippen LogP contribution in [-0.2, 0) is 0 Å². The van der Waals surface area contributed by atoms with Crippen molar-refractivity contribution in [3.05, 3.63) is 27.4 Å². The lowest BCUT2D eigenvalue weighted by atomic mass is 9.97. The van der Waals surface area contributed by atoms with E-state index in [0.29, 0.717) is 17.1 Å². The molecule has 2 rings (SSSR count). The lowest BCUT2D eigenvalue weighted by Gasteiger charge is -2.40. The summed E-state index contributed by atoms with van der Waals surface area (Å²) in [5.41, 5.74) is 0.908. The summed E-state index contributed by atoms with van der Waals surface area (Å²) in [5, 5.41) is 3.97. The normalized spacial score (nSPS) is 23.7. The number of hydrogen-bond donors (Lipinski definition) is 1. The molecule has 0 bridgehead atoms. The van der Waals surface area contributed by atoms with Crippen LogP contribution in [0.15, 0.2) is 16.6 Å². The Kier molecular flexibility index (Phi) is 5.09. The summed E-state index contributed by atoms with van der Waals surface area (Å²) >= 11 is 9.63. The minimum Gasteiger partial charge on any atom is -0.367 e. The van der Waals surface area contributed by atoms with Crippen LogP contribution in [0.3, 0.4) is 0 Å². The fourth-order valence-corrected chi connectivity index (χ4v) is 3.88. The molecule has 1 saturated heterocycles. The molecule has 0 aromatic heterocycles. The predicted molar refractivity (Wildman–Crippen MR) is 82.6 cm³/mol. The van der Waals surface area contributed by atoms with E-state index in [-0.39, 0.29) is 5.82 Å². The second-order valence-corrected chi connectivity index (χ2v) is 6.30. The Hall–Kier alpha value is -0.320. The molecule has 0 saturated carbocycles. The summed E-state index contributed by atoms with van der Waals surface area (Å²) in [5.74, 6) is -0.309. The maximum absolute atomic E-state index is 13.3. The summed E-state index contributed by atoms with van der Waals surface area (Å²) in [4.78, 5) is 2.26. The number of nitrogens with zero attached hydrogens (tertiary/aromatic N) is 1. The largest absolute Gasteiger partial charge is 0.367 e. The summed E-state index contributed by atoms with van der Waals surface area (Å²) in [6.07, 6.45) is 2.16. The summed E-state index contributed by atoms with van der Waals surface area (Å²) in [7, 11) is 0. The van der Waals surface area contributed by atoms with Crippen molar-refractivity contribution in [2.45, 2.75) is 38.8 Å². The molecule has 1 heterocycles. The zero-order valence-electron chi connectivity index (χ0n) is 11.2. The quantitative estimate of drug-likeness (QED) is 0.879. The van der Waals surface area contributed by atoms with Gasteiger partial charge in [0, 0.05) is 23.1 Å². The molecule has 1 aromatic carbocycles. The topological polar surface area (TPSA) is 15.3 Å². The highest BCUT2D eigenvalue weighted by Gasteiger charge is 2.27. The molecule has 1 N–H and O–H groups in total. The van der Waals surface area contributed by atoms with Crippen molar-refractivity contribution in [1.82, 2.24) is 5.32 Å². The SMILES string of the molecule is CCNC1CCN(c2c(Cl)cc(F)cc2Br)C(C)C1. The van der Waals surface area contributed by atoms with Crippen LogP contribution in [0.4, 0.5) is 10.1 Å². The molecule has 0 aliphatic carbocycles. The van der Waals surface area contributed by atoms with E-state index in [1.807, 2.05) is 0 Å². The Morgan fingerprint density at radius 3 is 2.84 bits per heavy atom. The lowest BCUT2D eigenvalue weighted by Crippen LogP contribution is -2.47. The average molecular weight is 350 g/mol. The van der Waals surface area contributed by atoms with Crippen molar-refractivity contribution in [1.29, 1.82) is 0 Å². The van der Waals surface area contributed by atoms with Crippen molar-refractivity contribution in [2.75, 3.05) is 18.0 Å². The van der Waals surface area contributed by atoms with Crippen LogP contribution in [0, 0.1) is 5.82 Å². The first-order valence-corrected chi connectivity index (χ1v) is 7.84. The van der Waals surface area contributed by atoms with Crippen molar-refractivity contribution in [3.8, 4) is 0 Å². The number of hydrogen-bond acceptors (Lipinski definition) is 2. The number of anilines is 1. The van der Waals surface area contributed by atoms with Gasteiger partial charge in [0.05, 0.1) is 10.7 Å². The molecule has 1 fully saturated rings. The molecule has 1 aliphatic rings. The standard InChI is InChI=1S/C14H19BrClFN2/c1-3-18-11-4-5-19(9(2)6-11)14-12(15)7-10(17)8-13(14)16/h7-9,11,18H,3-6H2,1-2H3. The highest BCUT2D eigenvalue weighted by molar-refractivity contribution is 9.10. The van der Waals surface area contributed by atoms with Gasteiger partial charge in [0.25, 0.3) is 0 Å². The van der Waals surface area contributed by atoms with E-state index in [1.165, 1.54) is 12.1 Å². The van der Waals surface area contributed by atoms with Crippen molar-refractivity contribution in [2.24, 2.45) is 0 Å². The van der Waals surface area contributed by atoms with E-state index in [0.717, 1.165) is 36.1 Å². The highest BCUT2D eigenvalue weighted by atomic mass is 79.9. The monoisotopic (exact) mass is 348 g/mol. The van der Waals surface area contributed by atoms with Gasteiger partial charge < -0.3 is 10.2 Å². The number of rotatable bonds is 3. The number of halogens is 3. The minimum atomic E-state index is -0.309. The van der Waals surface area contributed by atoms with Gasteiger partial charge >= 0.3 is 0 Å². The maximum atomic E-state index is 13.3. The molecule has 5 heteroatoms. The van der Waals surface area contributed by atoms with Gasteiger partial charge in [0.1, 0.15) is 5.82 Å². The van der Waals surface area contributed by atoms with E-state index < -0.39 is 0 Å². The Balaban J connectivity index is 2.19. The van der Waals surface area contributed by atoms with Gasteiger partial charge in [0.15, 0.2) is 0 Å². The Bertz CT molecular complexity index is 432. The van der Waals surface area contributed by atoms with E-state index in [9.17, 15) is 4.39 Å². The number of piperidine rings is 1. The molecule has 2 atom stereocenters. The summed E-state index contributed by atoms with van der Waals surface area (Å²) in [6.45, 7) is 6.25. The molecule has 106 valence electrons. The third-order valence-electron chi connectivity index (χ3n) is 3.64. The van der Waals surface area contributed by atoms with Gasteiger partial charge in [-0.05, 0) is 54.4 Å². The fourth-order valence-electron chi connectivity index (χ4n) is 2.79. The zero-order valence-corrected chi connectivity index (χ0v) is 13.6. The van der Waals surface area contributed by atoms with Gasteiger partial charge in [-0.2, -0.15) is 0 Å². The van der Waals surface area contributed by atoms with Gasteiger partial charge in [-0.25, -0.2) is 4.39 Å². The summed E-state index contributed by atoms with van der Waals surface area (Å²) < 4.78 is 14.0. The minimum absolute atomic E-state index is 0.309. The maximum Gasteiger partial charge on any atom is 0.125 e.